The Morgan fingerprint density at radius 1 is 1.47 bits per heavy atom. The molecule has 0 radical (unpaired) electrons. The molecule has 1 heterocycles. The van der Waals surface area contributed by atoms with Gasteiger partial charge in [0.25, 0.3) is 0 Å². The Hall–Kier alpha value is -1.45. The zero-order valence-electron chi connectivity index (χ0n) is 8.52. The summed E-state index contributed by atoms with van der Waals surface area (Å²) >= 11 is 0. The first-order chi connectivity index (χ1) is 7.25. The average molecular weight is 206 g/mol. The predicted octanol–water partition coefficient (Wildman–Crippen LogP) is 1.91. The van der Waals surface area contributed by atoms with Gasteiger partial charge in [-0.1, -0.05) is 25.7 Å². The Morgan fingerprint density at radius 2 is 2.20 bits per heavy atom. The lowest BCUT2D eigenvalue weighted by Gasteiger charge is -2.06. The van der Waals surface area contributed by atoms with E-state index in [1.54, 1.807) is 0 Å². The molecule has 1 aliphatic carbocycles. The predicted molar refractivity (Wildman–Crippen MR) is 54.7 cm³/mol. The molecule has 0 bridgehead atoms. The van der Waals surface area contributed by atoms with E-state index in [1.807, 2.05) is 0 Å². The van der Waals surface area contributed by atoms with Crippen molar-refractivity contribution in [2.24, 2.45) is 5.92 Å². The van der Waals surface area contributed by atoms with Crippen LogP contribution in [0.4, 0.5) is 0 Å². The molecular weight excluding hydrogens is 192 g/mol. The zero-order valence-corrected chi connectivity index (χ0v) is 8.52. The lowest BCUT2D eigenvalue weighted by atomic mass is 10.0. The van der Waals surface area contributed by atoms with E-state index in [1.165, 1.54) is 37.9 Å². The maximum Gasteiger partial charge on any atom is 0.354 e. The van der Waals surface area contributed by atoms with Crippen LogP contribution < -0.4 is 0 Å². The molecule has 0 aliphatic heterocycles. The summed E-state index contributed by atoms with van der Waals surface area (Å²) in [7, 11) is 0. The van der Waals surface area contributed by atoms with E-state index in [0.29, 0.717) is 11.7 Å². The molecule has 4 nitrogen and oxygen atoms in total. The lowest BCUT2D eigenvalue weighted by Crippen LogP contribution is -2.08. The molecule has 0 unspecified atom stereocenters. The third-order valence-electron chi connectivity index (χ3n) is 2.87. The van der Waals surface area contributed by atoms with Gasteiger partial charge in [0, 0.05) is 12.6 Å². The molecule has 1 N–H and O–H groups in total. The zero-order chi connectivity index (χ0) is 10.7. The second-order valence-electron chi connectivity index (χ2n) is 4.02. The van der Waals surface area contributed by atoms with E-state index < -0.39 is 5.97 Å². The van der Waals surface area contributed by atoms with E-state index in [9.17, 15) is 4.79 Å². The van der Waals surface area contributed by atoms with E-state index in [0.717, 1.165) is 6.42 Å². The van der Waals surface area contributed by atoms with Crippen LogP contribution in [0.3, 0.4) is 0 Å². The minimum absolute atomic E-state index is 0.0954. The summed E-state index contributed by atoms with van der Waals surface area (Å²) in [5.41, 5.74) is 0.0954. The van der Waals surface area contributed by atoms with Gasteiger partial charge in [-0.15, -0.1) is 0 Å². The fourth-order valence-electron chi connectivity index (χ4n) is 2.09. The van der Waals surface area contributed by atoms with Crippen LogP contribution in [-0.2, 0) is 6.42 Å². The van der Waals surface area contributed by atoms with Crippen LogP contribution in [0.5, 0.6) is 0 Å². The smallest absolute Gasteiger partial charge is 0.354 e. The van der Waals surface area contributed by atoms with Crippen molar-refractivity contribution in [1.29, 1.82) is 0 Å². The van der Waals surface area contributed by atoms with E-state index in [2.05, 4.69) is 9.97 Å². The molecule has 80 valence electrons. The molecule has 1 aromatic heterocycles. The van der Waals surface area contributed by atoms with Gasteiger partial charge >= 0.3 is 5.97 Å². The van der Waals surface area contributed by atoms with Crippen LogP contribution >= 0.6 is 0 Å². The SMILES string of the molecule is O=C(O)c1ccnc(CC2CCCC2)n1. The summed E-state index contributed by atoms with van der Waals surface area (Å²) in [6.45, 7) is 0. The Kier molecular flexibility index (Phi) is 2.94. The van der Waals surface area contributed by atoms with Gasteiger partial charge in [-0.05, 0) is 12.0 Å². The van der Waals surface area contributed by atoms with Crippen molar-refractivity contribution in [1.82, 2.24) is 9.97 Å². The van der Waals surface area contributed by atoms with Gasteiger partial charge in [-0.25, -0.2) is 14.8 Å². The van der Waals surface area contributed by atoms with E-state index >= 15 is 0 Å². The van der Waals surface area contributed by atoms with Crippen LogP contribution in [0.15, 0.2) is 12.3 Å². The third kappa shape index (κ3) is 2.52. The molecule has 1 saturated carbocycles. The molecule has 1 fully saturated rings. The number of rotatable bonds is 3. The summed E-state index contributed by atoms with van der Waals surface area (Å²) in [6.07, 6.45) is 7.36. The molecule has 0 saturated heterocycles. The maximum atomic E-state index is 10.7. The molecule has 2 rings (SSSR count). The monoisotopic (exact) mass is 206 g/mol. The molecule has 15 heavy (non-hydrogen) atoms. The van der Waals surface area contributed by atoms with Crippen LogP contribution in [0.25, 0.3) is 0 Å². The van der Waals surface area contributed by atoms with Crippen LogP contribution in [0.2, 0.25) is 0 Å². The first-order valence-corrected chi connectivity index (χ1v) is 5.31. The maximum absolute atomic E-state index is 10.7. The third-order valence-corrected chi connectivity index (χ3v) is 2.87. The van der Waals surface area contributed by atoms with E-state index in [-0.39, 0.29) is 5.69 Å². The second kappa shape index (κ2) is 4.38. The molecule has 1 aromatic rings. The van der Waals surface area contributed by atoms with Crippen LogP contribution in [0.1, 0.15) is 42.0 Å². The topological polar surface area (TPSA) is 63.1 Å². The minimum Gasteiger partial charge on any atom is -0.477 e. The summed E-state index contributed by atoms with van der Waals surface area (Å²) in [4.78, 5) is 18.8. The Morgan fingerprint density at radius 3 is 2.87 bits per heavy atom. The second-order valence-corrected chi connectivity index (χ2v) is 4.02. The highest BCUT2D eigenvalue weighted by molar-refractivity contribution is 5.85. The molecule has 1 aliphatic rings. The number of aromatic nitrogens is 2. The van der Waals surface area contributed by atoms with Gasteiger partial charge in [0.15, 0.2) is 5.69 Å². The first-order valence-electron chi connectivity index (χ1n) is 5.31. The first kappa shape index (κ1) is 10.1. The van der Waals surface area contributed by atoms with Crippen molar-refractivity contribution in [2.75, 3.05) is 0 Å². The van der Waals surface area contributed by atoms with Crippen molar-refractivity contribution in [2.45, 2.75) is 32.1 Å². The Bertz CT molecular complexity index is 359. The van der Waals surface area contributed by atoms with Crippen molar-refractivity contribution in [3.8, 4) is 0 Å². The van der Waals surface area contributed by atoms with Gasteiger partial charge in [-0.2, -0.15) is 0 Å². The van der Waals surface area contributed by atoms with Crippen molar-refractivity contribution < 1.29 is 9.90 Å². The van der Waals surface area contributed by atoms with Crippen LogP contribution in [-0.4, -0.2) is 21.0 Å². The molecule has 0 aromatic carbocycles. The molecule has 0 atom stereocenters. The minimum atomic E-state index is -0.981. The molecular formula is C11H14N2O2. The van der Waals surface area contributed by atoms with E-state index in [4.69, 9.17) is 5.11 Å². The quantitative estimate of drug-likeness (QED) is 0.820. The van der Waals surface area contributed by atoms with Crippen LogP contribution in [0, 0.1) is 5.92 Å². The standard InChI is InChI=1S/C11H14N2O2/c14-11(15)9-5-6-12-10(13-9)7-8-3-1-2-4-8/h5-6,8H,1-4,7H2,(H,14,15). The molecule has 0 spiro atoms. The average Bonchev–Trinajstić information content (AvgIpc) is 2.71. The van der Waals surface area contributed by atoms with Gasteiger partial charge < -0.3 is 5.11 Å². The summed E-state index contributed by atoms with van der Waals surface area (Å²) < 4.78 is 0. The number of nitrogens with zero attached hydrogens (tertiary/aromatic N) is 2. The summed E-state index contributed by atoms with van der Waals surface area (Å²) in [5.74, 6) is 0.334. The van der Waals surface area contributed by atoms with Gasteiger partial charge in [-0.3, -0.25) is 0 Å². The highest BCUT2D eigenvalue weighted by Gasteiger charge is 2.17. The molecule has 4 heteroatoms. The van der Waals surface area contributed by atoms with Gasteiger partial charge in [0.05, 0.1) is 0 Å². The Balaban J connectivity index is 2.07. The van der Waals surface area contributed by atoms with Crippen molar-refractivity contribution >= 4 is 5.97 Å². The normalized spacial score (nSPS) is 16.8. The number of carboxylic acid groups (broad SMARTS) is 1. The Labute approximate surface area is 88.4 Å². The van der Waals surface area contributed by atoms with Crippen molar-refractivity contribution in [3.05, 3.63) is 23.8 Å². The van der Waals surface area contributed by atoms with Gasteiger partial charge in [0.2, 0.25) is 0 Å². The fraction of sp³-hybridized carbons (Fsp3) is 0.545. The fourth-order valence-corrected chi connectivity index (χ4v) is 2.09. The van der Waals surface area contributed by atoms with Crippen molar-refractivity contribution in [3.63, 3.8) is 0 Å². The molecule has 0 amide bonds. The number of hydrogen-bond acceptors (Lipinski definition) is 3. The number of carboxylic acids is 1. The lowest BCUT2D eigenvalue weighted by molar-refractivity contribution is 0.0690. The largest absolute Gasteiger partial charge is 0.477 e. The summed E-state index contributed by atoms with van der Waals surface area (Å²) in [5, 5.41) is 8.78. The highest BCUT2D eigenvalue weighted by atomic mass is 16.4. The summed E-state index contributed by atoms with van der Waals surface area (Å²) in [6, 6.07) is 1.43. The number of hydrogen-bond donors (Lipinski definition) is 1. The number of aromatic carboxylic acids is 1. The number of carbonyl (C=O) groups is 1. The highest BCUT2D eigenvalue weighted by Crippen LogP contribution is 2.26. The van der Waals surface area contributed by atoms with Gasteiger partial charge in [0.1, 0.15) is 5.82 Å².